The van der Waals surface area contributed by atoms with Crippen LogP contribution in [0.5, 0.6) is 17.2 Å². The predicted octanol–water partition coefficient (Wildman–Crippen LogP) is 3.25. The molecule has 0 bridgehead atoms. The van der Waals surface area contributed by atoms with E-state index in [-0.39, 0.29) is 11.3 Å². The molecule has 2 aromatic rings. The number of benzene rings is 2. The highest BCUT2D eigenvalue weighted by Crippen LogP contribution is 2.30. The summed E-state index contributed by atoms with van der Waals surface area (Å²) in [6.45, 7) is 1.82. The van der Waals surface area contributed by atoms with Gasteiger partial charge in [-0.05, 0) is 42.8 Å². The van der Waals surface area contributed by atoms with Gasteiger partial charge in [-0.15, -0.1) is 0 Å². The number of ether oxygens (including phenoxy) is 1. The first-order valence-electron chi connectivity index (χ1n) is 5.53. The van der Waals surface area contributed by atoms with E-state index in [0.717, 1.165) is 5.56 Å². The van der Waals surface area contributed by atoms with Gasteiger partial charge in [0.2, 0.25) is 0 Å². The fourth-order valence-corrected chi connectivity index (χ4v) is 1.87. The number of hydrogen-bond donors (Lipinski definition) is 2. The van der Waals surface area contributed by atoms with Crippen LogP contribution < -0.4 is 10.5 Å². The first kappa shape index (κ1) is 13.2. The van der Waals surface area contributed by atoms with E-state index in [1.165, 1.54) is 12.1 Å². The monoisotopic (exact) mass is 277 g/mol. The fraction of sp³-hybridized carbons (Fsp3) is 0.0714. The number of aryl methyl sites for hydroxylation is 1. The van der Waals surface area contributed by atoms with E-state index in [4.69, 9.17) is 22.1 Å². The van der Waals surface area contributed by atoms with Crippen molar-refractivity contribution in [1.82, 2.24) is 0 Å². The SMILES string of the molecule is Cc1cc(O)cc(Oc2ccc(Cl)cc2C(N)=O)c1. The number of rotatable bonds is 3. The molecule has 4 nitrogen and oxygen atoms in total. The summed E-state index contributed by atoms with van der Waals surface area (Å²) < 4.78 is 5.57. The molecular formula is C14H12ClNO3. The lowest BCUT2D eigenvalue weighted by molar-refractivity contribution is 0.0998. The average Bonchev–Trinajstić information content (AvgIpc) is 2.30. The Kier molecular flexibility index (Phi) is 3.62. The molecule has 0 saturated carbocycles. The minimum Gasteiger partial charge on any atom is -0.508 e. The summed E-state index contributed by atoms with van der Waals surface area (Å²) in [5.74, 6) is 0.170. The third kappa shape index (κ3) is 3.17. The van der Waals surface area contributed by atoms with Crippen molar-refractivity contribution in [2.75, 3.05) is 0 Å². The molecule has 98 valence electrons. The molecule has 0 saturated heterocycles. The minimum absolute atomic E-state index is 0.0876. The largest absolute Gasteiger partial charge is 0.508 e. The lowest BCUT2D eigenvalue weighted by Crippen LogP contribution is -2.12. The maximum atomic E-state index is 11.3. The Labute approximate surface area is 115 Å². The van der Waals surface area contributed by atoms with E-state index in [1.807, 2.05) is 6.92 Å². The van der Waals surface area contributed by atoms with Crippen LogP contribution in [-0.4, -0.2) is 11.0 Å². The Morgan fingerprint density at radius 3 is 2.63 bits per heavy atom. The smallest absolute Gasteiger partial charge is 0.252 e. The van der Waals surface area contributed by atoms with E-state index in [0.29, 0.717) is 16.5 Å². The number of hydrogen-bond acceptors (Lipinski definition) is 3. The van der Waals surface area contributed by atoms with Crippen molar-refractivity contribution in [2.45, 2.75) is 6.92 Å². The van der Waals surface area contributed by atoms with E-state index in [9.17, 15) is 9.90 Å². The third-order valence-corrected chi connectivity index (χ3v) is 2.71. The number of amides is 1. The summed E-state index contributed by atoms with van der Waals surface area (Å²) in [5, 5.41) is 9.90. The van der Waals surface area contributed by atoms with E-state index in [2.05, 4.69) is 0 Å². The van der Waals surface area contributed by atoms with Gasteiger partial charge in [0.05, 0.1) is 5.56 Å². The van der Waals surface area contributed by atoms with Crippen LogP contribution in [0.15, 0.2) is 36.4 Å². The van der Waals surface area contributed by atoms with Gasteiger partial charge >= 0.3 is 0 Å². The molecule has 0 aliphatic carbocycles. The molecule has 0 aromatic heterocycles. The summed E-state index contributed by atoms with van der Waals surface area (Å²) in [6, 6.07) is 9.38. The number of phenols is 1. The first-order valence-corrected chi connectivity index (χ1v) is 5.91. The van der Waals surface area contributed by atoms with Crippen molar-refractivity contribution >= 4 is 17.5 Å². The van der Waals surface area contributed by atoms with Crippen molar-refractivity contribution in [3.8, 4) is 17.2 Å². The quantitative estimate of drug-likeness (QED) is 0.904. The molecule has 5 heteroatoms. The Morgan fingerprint density at radius 2 is 2.00 bits per heavy atom. The van der Waals surface area contributed by atoms with Gasteiger partial charge in [-0.3, -0.25) is 4.79 Å². The second-order valence-corrected chi connectivity index (χ2v) is 4.55. The van der Waals surface area contributed by atoms with Crippen molar-refractivity contribution in [3.63, 3.8) is 0 Å². The summed E-state index contributed by atoms with van der Waals surface area (Å²) in [6.07, 6.45) is 0. The van der Waals surface area contributed by atoms with E-state index >= 15 is 0 Å². The minimum atomic E-state index is -0.630. The molecular weight excluding hydrogens is 266 g/mol. The molecule has 19 heavy (non-hydrogen) atoms. The first-order chi connectivity index (χ1) is 8.95. The second-order valence-electron chi connectivity index (χ2n) is 4.11. The molecule has 0 atom stereocenters. The van der Waals surface area contributed by atoms with Crippen LogP contribution in [-0.2, 0) is 0 Å². The zero-order valence-electron chi connectivity index (χ0n) is 10.2. The number of phenolic OH excluding ortho intramolecular Hbond substituents is 1. The number of carbonyl (C=O) groups is 1. The molecule has 1 amide bonds. The Hall–Kier alpha value is -2.20. The van der Waals surface area contributed by atoms with Crippen LogP contribution in [0.1, 0.15) is 15.9 Å². The lowest BCUT2D eigenvalue weighted by Gasteiger charge is -2.10. The highest BCUT2D eigenvalue weighted by molar-refractivity contribution is 6.31. The molecule has 0 heterocycles. The van der Waals surface area contributed by atoms with Gasteiger partial charge in [0.25, 0.3) is 5.91 Å². The molecule has 0 radical (unpaired) electrons. The van der Waals surface area contributed by atoms with Gasteiger partial charge < -0.3 is 15.6 Å². The Bertz CT molecular complexity index is 620. The van der Waals surface area contributed by atoms with Crippen LogP contribution in [0, 0.1) is 6.92 Å². The van der Waals surface area contributed by atoms with Gasteiger partial charge in [-0.1, -0.05) is 11.6 Å². The zero-order valence-corrected chi connectivity index (χ0v) is 10.9. The average molecular weight is 278 g/mol. The predicted molar refractivity (Wildman–Crippen MR) is 72.9 cm³/mol. The molecule has 0 spiro atoms. The van der Waals surface area contributed by atoms with Gasteiger partial charge in [-0.25, -0.2) is 0 Å². The highest BCUT2D eigenvalue weighted by atomic mass is 35.5. The molecule has 0 aliphatic rings. The van der Waals surface area contributed by atoms with Crippen LogP contribution >= 0.6 is 11.6 Å². The van der Waals surface area contributed by atoms with Crippen LogP contribution in [0.3, 0.4) is 0 Å². The summed E-state index contributed by atoms with van der Waals surface area (Å²) in [4.78, 5) is 11.3. The van der Waals surface area contributed by atoms with Crippen LogP contribution in [0.2, 0.25) is 5.02 Å². The van der Waals surface area contributed by atoms with Crippen molar-refractivity contribution in [3.05, 3.63) is 52.5 Å². The van der Waals surface area contributed by atoms with Crippen molar-refractivity contribution in [1.29, 1.82) is 0 Å². The van der Waals surface area contributed by atoms with Gasteiger partial charge in [0.15, 0.2) is 0 Å². The topological polar surface area (TPSA) is 72.6 Å². The number of halogens is 1. The van der Waals surface area contributed by atoms with Crippen molar-refractivity contribution in [2.24, 2.45) is 5.73 Å². The second kappa shape index (κ2) is 5.20. The maximum Gasteiger partial charge on any atom is 0.252 e. The van der Waals surface area contributed by atoms with Gasteiger partial charge in [-0.2, -0.15) is 0 Å². The molecule has 0 fully saturated rings. The standard InChI is InChI=1S/C14H12ClNO3/c1-8-4-10(17)7-11(5-8)19-13-3-2-9(15)6-12(13)14(16)18/h2-7,17H,1H3,(H2,16,18). The summed E-state index contributed by atoms with van der Waals surface area (Å²) >= 11 is 5.81. The van der Waals surface area contributed by atoms with E-state index in [1.54, 1.807) is 24.3 Å². The van der Waals surface area contributed by atoms with Gasteiger partial charge in [0.1, 0.15) is 17.2 Å². The molecule has 2 aromatic carbocycles. The number of carbonyl (C=O) groups excluding carboxylic acids is 1. The van der Waals surface area contributed by atoms with E-state index < -0.39 is 5.91 Å². The lowest BCUT2D eigenvalue weighted by atomic mass is 10.2. The zero-order chi connectivity index (χ0) is 14.0. The van der Waals surface area contributed by atoms with Gasteiger partial charge in [0, 0.05) is 11.1 Å². The normalized spacial score (nSPS) is 10.2. The molecule has 0 unspecified atom stereocenters. The number of primary amides is 1. The highest BCUT2D eigenvalue weighted by Gasteiger charge is 2.11. The van der Waals surface area contributed by atoms with Crippen LogP contribution in [0.25, 0.3) is 0 Å². The number of aromatic hydroxyl groups is 1. The summed E-state index contributed by atoms with van der Waals surface area (Å²) in [7, 11) is 0. The molecule has 3 N–H and O–H groups in total. The Morgan fingerprint density at radius 1 is 1.26 bits per heavy atom. The fourth-order valence-electron chi connectivity index (χ4n) is 1.70. The van der Waals surface area contributed by atoms with Crippen LogP contribution in [0.4, 0.5) is 0 Å². The molecule has 0 aliphatic heterocycles. The Balaban J connectivity index is 2.40. The number of nitrogens with two attached hydrogens (primary N) is 1. The summed E-state index contributed by atoms with van der Waals surface area (Å²) in [5.41, 5.74) is 6.30. The van der Waals surface area contributed by atoms with Crippen molar-refractivity contribution < 1.29 is 14.6 Å². The maximum absolute atomic E-state index is 11.3. The third-order valence-electron chi connectivity index (χ3n) is 2.47. The molecule has 2 rings (SSSR count).